The number of nitrogens with one attached hydrogen (secondary N) is 1. The molecule has 12 atom stereocenters. The minimum absolute atomic E-state index is 0.0325. The number of Topliss-reactive ketones (excluding diaryl/α,β-unsaturated/α-hetero) is 2. The maximum Gasteiger partial charge on any atom is 0.236 e. The molecule has 0 unspecified atom stereocenters. The lowest BCUT2D eigenvalue weighted by Gasteiger charge is -2.56. The Bertz CT molecular complexity index is 5010. The van der Waals surface area contributed by atoms with Gasteiger partial charge in [0, 0.05) is 136 Å². The second-order valence-electron chi connectivity index (χ2n) is 33.7. The van der Waals surface area contributed by atoms with Gasteiger partial charge in [-0.05, 0) is 183 Å². The van der Waals surface area contributed by atoms with E-state index >= 15 is 0 Å². The van der Waals surface area contributed by atoms with Crippen LogP contribution in [-0.4, -0.2) is 134 Å². The van der Waals surface area contributed by atoms with E-state index in [4.69, 9.17) is 43.7 Å². The van der Waals surface area contributed by atoms with Gasteiger partial charge in [0.05, 0.1) is 61.2 Å². The predicted octanol–water partition coefficient (Wildman–Crippen LogP) is 15.6. The van der Waals surface area contributed by atoms with Gasteiger partial charge >= 0.3 is 0 Å². The van der Waals surface area contributed by atoms with Crippen LogP contribution >= 0.6 is 11.6 Å². The number of alkyl halides is 1. The van der Waals surface area contributed by atoms with Gasteiger partial charge < -0.3 is 48.6 Å². The first-order valence-corrected chi connectivity index (χ1v) is 42.5. The van der Waals surface area contributed by atoms with Crippen molar-refractivity contribution in [2.75, 3.05) is 52.6 Å². The summed E-state index contributed by atoms with van der Waals surface area (Å²) in [7, 11) is 0. The van der Waals surface area contributed by atoms with Gasteiger partial charge in [-0.25, -0.2) is 9.69 Å². The minimum Gasteiger partial charge on any atom is -0.355 e. The maximum absolute atomic E-state index is 14.1. The Labute approximate surface area is 704 Å². The van der Waals surface area contributed by atoms with Crippen molar-refractivity contribution in [3.8, 4) is 0 Å². The van der Waals surface area contributed by atoms with Crippen molar-refractivity contribution in [2.24, 2.45) is 47.3 Å². The fourth-order valence-corrected chi connectivity index (χ4v) is 21.6. The van der Waals surface area contributed by atoms with Gasteiger partial charge in [0.1, 0.15) is 0 Å². The molecule has 20 nitrogen and oxygen atoms in total. The van der Waals surface area contributed by atoms with Crippen molar-refractivity contribution >= 4 is 46.8 Å². The van der Waals surface area contributed by atoms with E-state index in [2.05, 4.69) is 96.2 Å². The molecule has 10 aliphatic rings. The quantitative estimate of drug-likeness (QED) is 0.0940. The summed E-state index contributed by atoms with van der Waals surface area (Å²) < 4.78 is 24.3. The average molecular weight is 1620 g/mol. The monoisotopic (exact) mass is 1620 g/mol. The number of likely N-dealkylation sites (tertiary alicyclic amines) is 3. The summed E-state index contributed by atoms with van der Waals surface area (Å²) in [5.74, 6) is -0.529. The zero-order valence-electron chi connectivity index (χ0n) is 69.4. The summed E-state index contributed by atoms with van der Waals surface area (Å²) in [4.78, 5) is 110. The van der Waals surface area contributed by atoms with Crippen molar-refractivity contribution in [3.63, 3.8) is 0 Å². The van der Waals surface area contributed by atoms with E-state index in [0.717, 1.165) is 132 Å². The van der Waals surface area contributed by atoms with Crippen LogP contribution < -0.4 is 5.32 Å². The van der Waals surface area contributed by atoms with Gasteiger partial charge in [-0.3, -0.25) is 39.1 Å². The molecular formula is C98H107ClN10O10. The van der Waals surface area contributed by atoms with Crippen LogP contribution in [0.3, 0.4) is 0 Å². The third-order valence-corrected chi connectivity index (χ3v) is 27.6. The second-order valence-corrected chi connectivity index (χ2v) is 34.0. The molecule has 4 aromatic heterocycles. The van der Waals surface area contributed by atoms with Crippen LogP contribution in [0.4, 0.5) is 0 Å². The van der Waals surface area contributed by atoms with Crippen LogP contribution in [-0.2, 0) is 94.9 Å². The molecule has 616 valence electrons. The fourth-order valence-electron chi connectivity index (χ4n) is 21.4. The van der Waals surface area contributed by atoms with Crippen molar-refractivity contribution in [1.82, 2.24) is 40.0 Å². The lowest BCUT2D eigenvalue weighted by molar-refractivity contribution is -0.239. The largest absolute Gasteiger partial charge is 0.355 e. The van der Waals surface area contributed by atoms with Crippen LogP contribution in [0.15, 0.2) is 218 Å². The smallest absolute Gasteiger partial charge is 0.236 e. The Morgan fingerprint density at radius 2 is 0.748 bits per heavy atom. The summed E-state index contributed by atoms with van der Waals surface area (Å²) in [6, 6.07) is 55.7. The van der Waals surface area contributed by atoms with Crippen molar-refractivity contribution < 1.29 is 47.7 Å². The van der Waals surface area contributed by atoms with E-state index in [1.54, 1.807) is 30.7 Å². The molecule has 10 heterocycles. The Balaban J connectivity index is 0.000000126. The summed E-state index contributed by atoms with van der Waals surface area (Å²) in [5, 5.41) is 3.10. The summed E-state index contributed by atoms with van der Waals surface area (Å²) in [6.45, 7) is 37.9. The Hall–Kier alpha value is -10.7. The second kappa shape index (κ2) is 36.1. The topological polar surface area (TPSA) is 221 Å². The van der Waals surface area contributed by atoms with E-state index < -0.39 is 33.2 Å². The average Bonchev–Trinajstić information content (AvgIpc) is 1.64. The molecule has 2 saturated carbocycles. The van der Waals surface area contributed by atoms with Crippen LogP contribution in [0.2, 0.25) is 0 Å². The van der Waals surface area contributed by atoms with E-state index in [0.29, 0.717) is 65.0 Å². The number of piperidine rings is 4. The molecular weight excluding hydrogens is 1510 g/mol. The molecule has 0 bridgehead atoms. The molecule has 4 amide bonds. The summed E-state index contributed by atoms with van der Waals surface area (Å²) in [6.07, 6.45) is 16.9. The summed E-state index contributed by atoms with van der Waals surface area (Å²) >= 11 is 5.57. The number of hydrogen-bond donors (Lipinski definition) is 1. The Kier molecular flexibility index (Phi) is 25.7. The van der Waals surface area contributed by atoms with Gasteiger partial charge in [0.25, 0.3) is 0 Å². The van der Waals surface area contributed by atoms with Crippen molar-refractivity contribution in [3.05, 3.63) is 308 Å². The first-order valence-electron chi connectivity index (χ1n) is 42.0. The molecule has 6 saturated heterocycles. The van der Waals surface area contributed by atoms with Crippen molar-refractivity contribution in [2.45, 2.75) is 166 Å². The predicted molar refractivity (Wildman–Crippen MR) is 453 cm³/mol. The third kappa shape index (κ3) is 16.3. The van der Waals surface area contributed by atoms with E-state index in [-0.39, 0.29) is 93.9 Å². The molecule has 4 aliphatic carbocycles. The number of carbonyl (C=O) groups is 6. The molecule has 1 N–H and O–H groups in total. The number of nitrogens with zero attached hydrogens (tertiary/aromatic N) is 9. The number of ether oxygens (including phenoxy) is 4. The molecule has 18 rings (SSSR count). The number of fused-ring (bicyclic) bond motifs is 4. The zero-order chi connectivity index (χ0) is 83.9. The number of carbonyl (C=O) groups excluding carboxylic acids is 6. The normalized spacial score (nSPS) is 28.1. The molecule has 0 radical (unpaired) electrons. The molecule has 2 spiro atoms. The Morgan fingerprint density at radius 3 is 1.11 bits per heavy atom. The van der Waals surface area contributed by atoms with Crippen molar-refractivity contribution in [1.29, 1.82) is 0 Å². The van der Waals surface area contributed by atoms with Crippen LogP contribution in [0.5, 0.6) is 0 Å². The maximum atomic E-state index is 14.1. The molecule has 4 aromatic carbocycles. The number of hydrogen-bond acceptors (Lipinski definition) is 14. The molecule has 8 aromatic rings. The van der Waals surface area contributed by atoms with Crippen LogP contribution in [0, 0.1) is 88.2 Å². The highest BCUT2D eigenvalue weighted by molar-refractivity contribution is 6.17. The Morgan fingerprint density at radius 1 is 0.420 bits per heavy atom. The number of aromatic nitrogens is 4. The lowest BCUT2D eigenvalue weighted by atomic mass is 9.54. The van der Waals surface area contributed by atoms with Gasteiger partial charge in [0.2, 0.25) is 35.0 Å². The number of benzene rings is 4. The van der Waals surface area contributed by atoms with E-state index in [1.165, 1.54) is 0 Å². The van der Waals surface area contributed by atoms with E-state index in [1.807, 2.05) is 185 Å². The van der Waals surface area contributed by atoms with Gasteiger partial charge in [0.15, 0.2) is 23.1 Å². The standard InChI is InChI=1S/C25H30N2O3.2C24H23N3O2.C18H23NO3.C7H8ClN/c1-18-16-20(8-12-26-18)17-27-13-9-22-19(2)25(29-14-15-30-25)11-10-24(22,23(27)28)21-6-4-3-5-7-21;2*1-16-13-18(9-11-26-16)15-27-12-10-20-17(2)22(28)21(25-3)14-24(20,23(27)29)19-7-5-4-6-8-19;1-13-15-7-10-19-16(20)17(15,14-5-3-2-4-6-14)8-9-18(13)21-11-12-22-18;1-6-4-7(5-8)2-3-9-6/h3-8,12,16,19,22H,9-11,13-15,17H2,1-2H3;2*4-9,11,13-14,17,20H,10,12,15H2,1-2H3;2-6,13,15H,7-12H2,1H3,(H,19,20);2-4H,5H2,1H3/t19-,22-,24+;2*17-,20-,24+;13-,15-,17+;/m0100./s1. The highest BCUT2D eigenvalue weighted by atomic mass is 35.5. The third-order valence-electron chi connectivity index (χ3n) is 27.3. The van der Waals surface area contributed by atoms with Crippen LogP contribution in [0.25, 0.3) is 9.69 Å². The molecule has 6 aliphatic heterocycles. The molecule has 119 heavy (non-hydrogen) atoms. The first-order chi connectivity index (χ1) is 57.5. The number of aryl methyl sites for hydroxylation is 4. The van der Waals surface area contributed by atoms with Gasteiger partial charge in [-0.1, -0.05) is 161 Å². The SMILES string of the molecule is C[C@H]1[C@@H]2CCNC(=O)[C@@]2(c2ccccc2)CCC12OCCO2.Cc1cc(CCl)ccn1.Cc1cc(CN2CC[C@H]3[C@H](C)C4(CC[C@]3(c3ccccc3)C2=O)OCCO4)ccn1.[C-]#[N+]C1=C[C@@]2(c3ccccc3)C(=O)N(Cc3ccnc(C)c3)CC[C@@H]2[C@@H](C)C1=O.[C-]#[N+]C1=C[C@]2(c3ccccc3)C(=O)N(Cc3ccnc(C)c3)CC[C@H]2[C@H](C)C1=O. The molecule has 8 fully saturated rings. The van der Waals surface area contributed by atoms with E-state index in [9.17, 15) is 28.8 Å². The summed E-state index contributed by atoms with van der Waals surface area (Å²) in [5.41, 5.74) is 9.39. The number of rotatable bonds is 11. The highest BCUT2D eigenvalue weighted by Gasteiger charge is 2.65. The number of ketones is 2. The number of amides is 4. The van der Waals surface area contributed by atoms with Gasteiger partial charge in [-0.2, -0.15) is 0 Å². The highest BCUT2D eigenvalue weighted by Crippen LogP contribution is 2.59. The molecule has 21 heteroatoms. The zero-order valence-corrected chi connectivity index (χ0v) is 70.1. The van der Waals surface area contributed by atoms with Crippen LogP contribution in [0.1, 0.15) is 146 Å². The minimum atomic E-state index is -0.977. The number of allylic oxidation sites excluding steroid dienone is 2. The lowest BCUT2D eigenvalue weighted by Crippen LogP contribution is -2.64. The van der Waals surface area contributed by atoms with Gasteiger partial charge in [-0.15, -0.1) is 11.6 Å². The first kappa shape index (κ1) is 84.7. The number of pyridine rings is 4. The fraction of sp³-hybridized carbons (Fsp3) is 0.429. The number of halogens is 1.